The summed E-state index contributed by atoms with van der Waals surface area (Å²) >= 11 is 0. The van der Waals surface area contributed by atoms with Crippen molar-refractivity contribution in [2.75, 3.05) is 33.4 Å². The molecule has 2 aliphatic rings. The van der Waals surface area contributed by atoms with E-state index in [-0.39, 0.29) is 17.9 Å². The molecule has 2 atom stereocenters. The third-order valence-corrected chi connectivity index (χ3v) is 4.96. The topological polar surface area (TPSA) is 50.8 Å². The predicted octanol–water partition coefficient (Wildman–Crippen LogP) is 2.20. The maximum Gasteiger partial charge on any atom is 0.227 e. The van der Waals surface area contributed by atoms with Crippen molar-refractivity contribution in [3.63, 3.8) is 0 Å². The number of methoxy groups -OCH3 is 1. The van der Waals surface area contributed by atoms with Gasteiger partial charge in [-0.1, -0.05) is 18.2 Å². The Morgan fingerprint density at radius 2 is 2.21 bits per heavy atom. The monoisotopic (exact) mass is 332 g/mol. The minimum Gasteiger partial charge on any atom is -0.496 e. The molecule has 3 rings (SSSR count). The van der Waals surface area contributed by atoms with Gasteiger partial charge in [0.05, 0.1) is 19.1 Å². The fourth-order valence-electron chi connectivity index (χ4n) is 3.63. The molecule has 2 aliphatic heterocycles. The van der Waals surface area contributed by atoms with Gasteiger partial charge in [-0.05, 0) is 38.3 Å². The van der Waals surface area contributed by atoms with Gasteiger partial charge in [0.1, 0.15) is 5.75 Å². The van der Waals surface area contributed by atoms with Crippen LogP contribution in [0.1, 0.15) is 31.2 Å². The lowest BCUT2D eigenvalue weighted by atomic mass is 9.97. The van der Waals surface area contributed by atoms with E-state index >= 15 is 0 Å². The number of nitrogens with zero attached hydrogens (tertiary/aromatic N) is 1. The summed E-state index contributed by atoms with van der Waals surface area (Å²) in [6.07, 6.45) is 4.34. The Labute approximate surface area is 144 Å². The summed E-state index contributed by atoms with van der Waals surface area (Å²) in [5, 5.41) is 3.35. The molecule has 0 saturated carbocycles. The molecule has 132 valence electrons. The van der Waals surface area contributed by atoms with Gasteiger partial charge in [-0.2, -0.15) is 0 Å². The van der Waals surface area contributed by atoms with Crippen molar-refractivity contribution in [1.82, 2.24) is 10.2 Å². The fourth-order valence-corrected chi connectivity index (χ4v) is 3.63. The van der Waals surface area contributed by atoms with E-state index < -0.39 is 0 Å². The zero-order valence-corrected chi connectivity index (χ0v) is 14.5. The zero-order chi connectivity index (χ0) is 16.8. The van der Waals surface area contributed by atoms with Gasteiger partial charge >= 0.3 is 0 Å². The molecule has 0 spiro atoms. The minimum atomic E-state index is 0.0786. The van der Waals surface area contributed by atoms with Crippen molar-refractivity contribution in [1.29, 1.82) is 0 Å². The van der Waals surface area contributed by atoms with Crippen LogP contribution < -0.4 is 10.1 Å². The van der Waals surface area contributed by atoms with Gasteiger partial charge in [0, 0.05) is 31.8 Å². The average Bonchev–Trinajstić information content (AvgIpc) is 3.15. The summed E-state index contributed by atoms with van der Waals surface area (Å²) in [7, 11) is 1.68. The molecule has 0 radical (unpaired) electrons. The van der Waals surface area contributed by atoms with Crippen molar-refractivity contribution >= 4 is 5.91 Å². The maximum absolute atomic E-state index is 13.1. The molecular formula is C19H28N2O3. The first-order valence-electron chi connectivity index (χ1n) is 9.01. The summed E-state index contributed by atoms with van der Waals surface area (Å²) in [6.45, 7) is 3.87. The van der Waals surface area contributed by atoms with E-state index in [9.17, 15) is 4.79 Å². The summed E-state index contributed by atoms with van der Waals surface area (Å²) in [5.41, 5.74) is 1.05. The molecule has 1 aromatic carbocycles. The largest absolute Gasteiger partial charge is 0.496 e. The average molecular weight is 332 g/mol. The Bertz CT molecular complexity index is 537. The van der Waals surface area contributed by atoms with E-state index in [4.69, 9.17) is 9.47 Å². The number of hydrogen-bond donors (Lipinski definition) is 1. The number of hydrogen-bond acceptors (Lipinski definition) is 4. The molecule has 24 heavy (non-hydrogen) atoms. The van der Waals surface area contributed by atoms with E-state index in [0.29, 0.717) is 13.1 Å². The quantitative estimate of drug-likeness (QED) is 0.868. The van der Waals surface area contributed by atoms with Crippen molar-refractivity contribution in [3.05, 3.63) is 29.8 Å². The number of amides is 1. The standard InChI is InChI=1S/C19H28N2O3/c1-23-18-9-3-2-6-16(18)13-21(14-17-8-5-11-24-17)19(22)15-7-4-10-20-12-15/h2-3,6,9,15,17,20H,4-5,7-8,10-14H2,1H3. The predicted molar refractivity (Wildman–Crippen MR) is 93.0 cm³/mol. The van der Waals surface area contributed by atoms with E-state index in [1.54, 1.807) is 7.11 Å². The lowest BCUT2D eigenvalue weighted by Gasteiger charge is -2.31. The molecule has 2 heterocycles. The first kappa shape index (κ1) is 17.2. The zero-order valence-electron chi connectivity index (χ0n) is 14.5. The molecule has 0 aliphatic carbocycles. The first-order chi connectivity index (χ1) is 11.8. The van der Waals surface area contributed by atoms with Crippen LogP contribution in [-0.4, -0.2) is 50.3 Å². The SMILES string of the molecule is COc1ccccc1CN(CC1CCCO1)C(=O)C1CCCNC1. The van der Waals surface area contributed by atoms with Gasteiger partial charge in [0.15, 0.2) is 0 Å². The van der Waals surface area contributed by atoms with Crippen LogP contribution in [0.15, 0.2) is 24.3 Å². The number of ether oxygens (including phenoxy) is 2. The molecule has 5 heteroatoms. The third kappa shape index (κ3) is 4.28. The summed E-state index contributed by atoms with van der Waals surface area (Å²) in [4.78, 5) is 15.1. The number of carbonyl (C=O) groups excluding carboxylic acids is 1. The van der Waals surface area contributed by atoms with E-state index in [0.717, 1.165) is 56.7 Å². The van der Waals surface area contributed by atoms with Crippen molar-refractivity contribution in [3.8, 4) is 5.75 Å². The summed E-state index contributed by atoms with van der Waals surface area (Å²) < 4.78 is 11.2. The van der Waals surface area contributed by atoms with Crippen molar-refractivity contribution in [2.45, 2.75) is 38.3 Å². The molecule has 1 aromatic rings. The molecule has 0 aromatic heterocycles. The highest BCUT2D eigenvalue weighted by atomic mass is 16.5. The number of carbonyl (C=O) groups is 1. The van der Waals surface area contributed by atoms with Crippen LogP contribution in [0, 0.1) is 5.92 Å². The molecule has 2 saturated heterocycles. The fraction of sp³-hybridized carbons (Fsp3) is 0.632. The van der Waals surface area contributed by atoms with Crippen LogP contribution in [0.2, 0.25) is 0 Å². The van der Waals surface area contributed by atoms with E-state index in [1.165, 1.54) is 0 Å². The van der Waals surface area contributed by atoms with Gasteiger partial charge in [-0.25, -0.2) is 0 Å². The highest BCUT2D eigenvalue weighted by Gasteiger charge is 2.29. The normalized spacial score (nSPS) is 23.9. The third-order valence-electron chi connectivity index (χ3n) is 4.96. The first-order valence-corrected chi connectivity index (χ1v) is 9.01. The van der Waals surface area contributed by atoms with Crippen LogP contribution in [0.5, 0.6) is 5.75 Å². The molecule has 2 fully saturated rings. The number of rotatable bonds is 6. The smallest absolute Gasteiger partial charge is 0.227 e. The number of piperidine rings is 1. The Morgan fingerprint density at radius 3 is 2.92 bits per heavy atom. The van der Waals surface area contributed by atoms with Gasteiger partial charge < -0.3 is 19.7 Å². The molecular weight excluding hydrogens is 304 g/mol. The Kier molecular flexibility index (Phi) is 6.10. The summed E-state index contributed by atoms with van der Waals surface area (Å²) in [6, 6.07) is 7.94. The van der Waals surface area contributed by atoms with Crippen LogP contribution >= 0.6 is 0 Å². The van der Waals surface area contributed by atoms with Gasteiger partial charge in [-0.3, -0.25) is 4.79 Å². The second-order valence-electron chi connectivity index (χ2n) is 6.71. The Hall–Kier alpha value is -1.59. The van der Waals surface area contributed by atoms with Gasteiger partial charge in [0.2, 0.25) is 5.91 Å². The highest BCUT2D eigenvalue weighted by Crippen LogP contribution is 2.23. The van der Waals surface area contributed by atoms with Crippen molar-refractivity contribution in [2.24, 2.45) is 5.92 Å². The van der Waals surface area contributed by atoms with Crippen LogP contribution in [0.4, 0.5) is 0 Å². The molecule has 0 bridgehead atoms. The second kappa shape index (κ2) is 8.49. The minimum absolute atomic E-state index is 0.0786. The van der Waals surface area contributed by atoms with E-state index in [1.807, 2.05) is 29.2 Å². The highest BCUT2D eigenvalue weighted by molar-refractivity contribution is 5.79. The molecule has 2 unspecified atom stereocenters. The van der Waals surface area contributed by atoms with Crippen molar-refractivity contribution < 1.29 is 14.3 Å². The van der Waals surface area contributed by atoms with E-state index in [2.05, 4.69) is 5.32 Å². The maximum atomic E-state index is 13.1. The van der Waals surface area contributed by atoms with Crippen LogP contribution in [0.25, 0.3) is 0 Å². The Balaban J connectivity index is 1.74. The van der Waals surface area contributed by atoms with Gasteiger partial charge in [-0.15, -0.1) is 0 Å². The second-order valence-corrected chi connectivity index (χ2v) is 6.71. The summed E-state index contributed by atoms with van der Waals surface area (Å²) in [5.74, 6) is 1.16. The number of para-hydroxylation sites is 1. The number of nitrogens with one attached hydrogen (secondary N) is 1. The van der Waals surface area contributed by atoms with Crippen LogP contribution in [-0.2, 0) is 16.1 Å². The van der Waals surface area contributed by atoms with Crippen LogP contribution in [0.3, 0.4) is 0 Å². The molecule has 1 amide bonds. The van der Waals surface area contributed by atoms with Gasteiger partial charge in [0.25, 0.3) is 0 Å². The molecule has 1 N–H and O–H groups in total. The lowest BCUT2D eigenvalue weighted by Crippen LogP contribution is -2.45. The molecule has 5 nitrogen and oxygen atoms in total. The lowest BCUT2D eigenvalue weighted by molar-refractivity contribution is -0.138. The Morgan fingerprint density at radius 1 is 1.33 bits per heavy atom. The number of benzene rings is 1.